The highest BCUT2D eigenvalue weighted by Crippen LogP contribution is 2.28. The zero-order chi connectivity index (χ0) is 14.0. The summed E-state index contributed by atoms with van der Waals surface area (Å²) in [6.07, 6.45) is 0. The molecule has 0 fully saturated rings. The van der Waals surface area contributed by atoms with E-state index in [1.807, 2.05) is 0 Å². The van der Waals surface area contributed by atoms with Crippen LogP contribution in [0.2, 0.25) is 0 Å². The largest absolute Gasteiger partial charge is 0.508 e. The van der Waals surface area contributed by atoms with Crippen molar-refractivity contribution in [1.29, 1.82) is 0 Å². The van der Waals surface area contributed by atoms with Crippen LogP contribution in [-0.4, -0.2) is 5.11 Å². The van der Waals surface area contributed by atoms with Gasteiger partial charge in [-0.05, 0) is 49.7 Å². The quantitative estimate of drug-likeness (QED) is 0.871. The molecule has 1 unspecified atom stereocenters. The third-order valence-electron chi connectivity index (χ3n) is 2.95. The van der Waals surface area contributed by atoms with E-state index in [9.17, 15) is 13.9 Å². The summed E-state index contributed by atoms with van der Waals surface area (Å²) < 4.78 is 26.9. The van der Waals surface area contributed by atoms with Gasteiger partial charge in [-0.2, -0.15) is 0 Å². The van der Waals surface area contributed by atoms with Crippen LogP contribution in [0.25, 0.3) is 0 Å². The zero-order valence-corrected chi connectivity index (χ0v) is 10.7. The maximum absolute atomic E-state index is 13.7. The van der Waals surface area contributed by atoms with Gasteiger partial charge in [-0.3, -0.25) is 0 Å². The summed E-state index contributed by atoms with van der Waals surface area (Å²) in [7, 11) is 0. The first-order chi connectivity index (χ1) is 8.97. The second-order valence-corrected chi connectivity index (χ2v) is 4.55. The lowest BCUT2D eigenvalue weighted by molar-refractivity contribution is 0.462. The van der Waals surface area contributed by atoms with Gasteiger partial charge in [0, 0.05) is 5.56 Å². The Hall–Kier alpha value is -2.10. The Labute approximate surface area is 110 Å². The molecule has 2 aromatic rings. The first-order valence-corrected chi connectivity index (χ1v) is 5.98. The summed E-state index contributed by atoms with van der Waals surface area (Å²) >= 11 is 0. The third kappa shape index (κ3) is 3.02. The minimum atomic E-state index is -0.439. The molecule has 0 heterocycles. The molecule has 2 N–H and O–H groups in total. The van der Waals surface area contributed by atoms with Gasteiger partial charge in [0.2, 0.25) is 0 Å². The maximum atomic E-state index is 13.7. The van der Waals surface area contributed by atoms with Crippen molar-refractivity contribution >= 4 is 5.69 Å². The highest BCUT2D eigenvalue weighted by molar-refractivity contribution is 5.49. The van der Waals surface area contributed by atoms with E-state index in [1.54, 1.807) is 26.0 Å². The molecule has 0 aromatic heterocycles. The fraction of sp³-hybridized carbons (Fsp3) is 0.200. The normalized spacial score (nSPS) is 12.2. The molecule has 0 aliphatic heterocycles. The monoisotopic (exact) mass is 263 g/mol. The number of nitrogens with one attached hydrogen (secondary N) is 1. The highest BCUT2D eigenvalue weighted by Gasteiger charge is 2.13. The number of aromatic hydroxyl groups is 1. The van der Waals surface area contributed by atoms with Crippen molar-refractivity contribution < 1.29 is 13.9 Å². The van der Waals surface area contributed by atoms with Crippen LogP contribution < -0.4 is 5.32 Å². The van der Waals surface area contributed by atoms with E-state index >= 15 is 0 Å². The number of hydrogen-bond acceptors (Lipinski definition) is 2. The number of benzene rings is 2. The Kier molecular flexibility index (Phi) is 3.69. The molecule has 4 heteroatoms. The fourth-order valence-electron chi connectivity index (χ4n) is 1.92. The average Bonchev–Trinajstić information content (AvgIpc) is 2.35. The molecular weight excluding hydrogens is 248 g/mol. The van der Waals surface area contributed by atoms with Crippen LogP contribution in [-0.2, 0) is 0 Å². The molecule has 100 valence electrons. The van der Waals surface area contributed by atoms with Crippen LogP contribution in [0.3, 0.4) is 0 Å². The molecule has 0 aliphatic carbocycles. The van der Waals surface area contributed by atoms with Gasteiger partial charge in [0.25, 0.3) is 0 Å². The van der Waals surface area contributed by atoms with Crippen LogP contribution in [0.15, 0.2) is 36.4 Å². The van der Waals surface area contributed by atoms with Gasteiger partial charge in [0.15, 0.2) is 0 Å². The molecule has 1 atom stereocenters. The van der Waals surface area contributed by atoms with Crippen LogP contribution in [0.1, 0.15) is 24.1 Å². The smallest absolute Gasteiger partial charge is 0.146 e. The minimum absolute atomic E-state index is 0.0195. The summed E-state index contributed by atoms with van der Waals surface area (Å²) in [4.78, 5) is 0. The fourth-order valence-corrected chi connectivity index (χ4v) is 1.92. The molecule has 0 bridgehead atoms. The molecule has 2 nitrogen and oxygen atoms in total. The average molecular weight is 263 g/mol. The van der Waals surface area contributed by atoms with E-state index in [0.717, 1.165) is 5.56 Å². The Morgan fingerprint density at radius 3 is 2.53 bits per heavy atom. The molecule has 0 aliphatic rings. The van der Waals surface area contributed by atoms with E-state index in [-0.39, 0.29) is 11.6 Å². The van der Waals surface area contributed by atoms with E-state index < -0.39 is 11.9 Å². The van der Waals surface area contributed by atoms with Crippen molar-refractivity contribution in [3.8, 4) is 5.75 Å². The van der Waals surface area contributed by atoms with Crippen LogP contribution >= 0.6 is 0 Å². The van der Waals surface area contributed by atoms with Crippen molar-refractivity contribution in [2.45, 2.75) is 19.9 Å². The lowest BCUT2D eigenvalue weighted by Crippen LogP contribution is -2.08. The number of aryl methyl sites for hydroxylation is 1. The topological polar surface area (TPSA) is 32.3 Å². The van der Waals surface area contributed by atoms with Gasteiger partial charge in [0.05, 0.1) is 11.7 Å². The SMILES string of the molecule is Cc1ccc(NC(C)c2cc(F)ccc2O)c(F)c1. The van der Waals surface area contributed by atoms with Crippen molar-refractivity contribution in [2.75, 3.05) is 5.32 Å². The van der Waals surface area contributed by atoms with Crippen molar-refractivity contribution in [3.05, 3.63) is 59.2 Å². The van der Waals surface area contributed by atoms with Crippen molar-refractivity contribution in [1.82, 2.24) is 0 Å². The first kappa shape index (κ1) is 13.3. The Morgan fingerprint density at radius 2 is 1.84 bits per heavy atom. The van der Waals surface area contributed by atoms with Gasteiger partial charge in [0.1, 0.15) is 17.4 Å². The Bertz CT molecular complexity index is 599. The second-order valence-electron chi connectivity index (χ2n) is 4.55. The lowest BCUT2D eigenvalue weighted by Gasteiger charge is -2.17. The minimum Gasteiger partial charge on any atom is -0.508 e. The number of phenolic OH excluding ortho intramolecular Hbond substituents is 1. The maximum Gasteiger partial charge on any atom is 0.146 e. The Balaban J connectivity index is 2.25. The second kappa shape index (κ2) is 5.26. The first-order valence-electron chi connectivity index (χ1n) is 5.98. The molecule has 2 aromatic carbocycles. The molecule has 19 heavy (non-hydrogen) atoms. The molecule has 0 spiro atoms. The van der Waals surface area contributed by atoms with Crippen LogP contribution in [0.4, 0.5) is 14.5 Å². The Morgan fingerprint density at radius 1 is 1.11 bits per heavy atom. The van der Waals surface area contributed by atoms with E-state index in [0.29, 0.717) is 11.3 Å². The van der Waals surface area contributed by atoms with Gasteiger partial charge in [-0.15, -0.1) is 0 Å². The van der Waals surface area contributed by atoms with Gasteiger partial charge >= 0.3 is 0 Å². The van der Waals surface area contributed by atoms with E-state index in [1.165, 1.54) is 24.3 Å². The summed E-state index contributed by atoms with van der Waals surface area (Å²) in [5, 5.41) is 12.6. The predicted molar refractivity (Wildman–Crippen MR) is 71.2 cm³/mol. The summed E-state index contributed by atoms with van der Waals surface area (Å²) in [5.41, 5.74) is 1.53. The van der Waals surface area contributed by atoms with Crippen molar-refractivity contribution in [3.63, 3.8) is 0 Å². The van der Waals surface area contributed by atoms with Crippen LogP contribution in [0.5, 0.6) is 5.75 Å². The number of anilines is 1. The molecule has 0 saturated carbocycles. The highest BCUT2D eigenvalue weighted by atomic mass is 19.1. The van der Waals surface area contributed by atoms with Crippen LogP contribution in [0, 0.1) is 18.6 Å². The zero-order valence-electron chi connectivity index (χ0n) is 10.7. The lowest BCUT2D eigenvalue weighted by atomic mass is 10.1. The van der Waals surface area contributed by atoms with E-state index in [4.69, 9.17) is 0 Å². The summed E-state index contributed by atoms with van der Waals surface area (Å²) in [6.45, 7) is 3.53. The van der Waals surface area contributed by atoms with Crippen molar-refractivity contribution in [2.24, 2.45) is 0 Å². The number of rotatable bonds is 3. The molecule has 0 amide bonds. The molecule has 2 rings (SSSR count). The van der Waals surface area contributed by atoms with Gasteiger partial charge < -0.3 is 10.4 Å². The predicted octanol–water partition coefficient (Wildman–Crippen LogP) is 4.15. The van der Waals surface area contributed by atoms with E-state index in [2.05, 4.69) is 5.32 Å². The standard InChI is InChI=1S/C15H15F2NO/c1-9-3-5-14(13(17)7-9)18-10(2)12-8-11(16)4-6-15(12)19/h3-8,10,18-19H,1-2H3. The number of hydrogen-bond donors (Lipinski definition) is 2. The molecular formula is C15H15F2NO. The molecule has 0 radical (unpaired) electrons. The number of halogens is 2. The van der Waals surface area contributed by atoms with Gasteiger partial charge in [-0.1, -0.05) is 6.07 Å². The third-order valence-corrected chi connectivity index (χ3v) is 2.95. The summed E-state index contributed by atoms with van der Waals surface area (Å²) in [5.74, 6) is -0.831. The number of phenols is 1. The summed E-state index contributed by atoms with van der Waals surface area (Å²) in [6, 6.07) is 8.11. The molecule has 0 saturated heterocycles. The van der Waals surface area contributed by atoms with Gasteiger partial charge in [-0.25, -0.2) is 8.78 Å².